The van der Waals surface area contributed by atoms with Crippen LogP contribution in [0.5, 0.6) is 5.75 Å². The van der Waals surface area contributed by atoms with Crippen molar-refractivity contribution >= 4 is 31.9 Å². The Morgan fingerprint density at radius 2 is 2.05 bits per heavy atom. The number of rotatable bonds is 6. The van der Waals surface area contributed by atoms with Gasteiger partial charge in [-0.25, -0.2) is 8.42 Å². The van der Waals surface area contributed by atoms with Crippen LogP contribution in [-0.2, 0) is 14.8 Å². The van der Waals surface area contributed by atoms with Crippen LogP contribution in [0.15, 0.2) is 27.6 Å². The molecule has 1 aromatic carbocycles. The summed E-state index contributed by atoms with van der Waals surface area (Å²) in [5.41, 5.74) is 0. The Kier molecular flexibility index (Phi) is 5.51. The van der Waals surface area contributed by atoms with Gasteiger partial charge in [0.2, 0.25) is 10.0 Å². The van der Waals surface area contributed by atoms with E-state index in [0.717, 1.165) is 0 Å². The Balaban J connectivity index is 3.11. The molecule has 3 N–H and O–H groups in total. The van der Waals surface area contributed by atoms with Crippen molar-refractivity contribution in [2.24, 2.45) is 0 Å². The topological polar surface area (TPSA) is 113 Å². The third-order valence-corrected chi connectivity index (χ3v) is 4.52. The van der Waals surface area contributed by atoms with Crippen molar-refractivity contribution in [3.05, 3.63) is 22.7 Å². The highest BCUT2D eigenvalue weighted by atomic mass is 79.9. The lowest BCUT2D eigenvalue weighted by Crippen LogP contribution is -2.47. The number of carbonyl (C=O) groups is 1. The van der Waals surface area contributed by atoms with Gasteiger partial charge in [-0.2, -0.15) is 4.72 Å². The summed E-state index contributed by atoms with van der Waals surface area (Å²) in [7, 11) is -2.64. The summed E-state index contributed by atoms with van der Waals surface area (Å²) in [5.74, 6) is -1.02. The molecular weight excluding hydrogens is 354 g/mol. The highest BCUT2D eigenvalue weighted by molar-refractivity contribution is 9.10. The van der Waals surface area contributed by atoms with Crippen LogP contribution >= 0.6 is 15.9 Å². The van der Waals surface area contributed by atoms with E-state index in [4.69, 9.17) is 9.84 Å². The number of methoxy groups -OCH3 is 1. The minimum absolute atomic E-state index is 0.142. The smallest absolute Gasteiger partial charge is 0.324 e. The molecule has 0 spiro atoms. The standard InChI is InChI=1S/C11H14BrNO6S/c1-6(14)10(11(15)16)13-20(17,18)7-3-4-9(19-2)8(12)5-7/h3-6,10,13-14H,1-2H3,(H,15,16)/t6-,10+/m1/s1. The number of aliphatic hydroxyl groups is 1. The van der Waals surface area contributed by atoms with Gasteiger partial charge in [-0.1, -0.05) is 0 Å². The van der Waals surface area contributed by atoms with Gasteiger partial charge in [0.1, 0.15) is 11.8 Å². The molecule has 7 nitrogen and oxygen atoms in total. The summed E-state index contributed by atoms with van der Waals surface area (Å²) in [6.07, 6.45) is -1.37. The van der Waals surface area contributed by atoms with Gasteiger partial charge < -0.3 is 14.9 Å². The number of benzene rings is 1. The van der Waals surface area contributed by atoms with E-state index < -0.39 is 28.1 Å². The van der Waals surface area contributed by atoms with Gasteiger partial charge in [0.05, 0.1) is 22.6 Å². The molecule has 1 aromatic rings. The molecule has 0 saturated carbocycles. The molecule has 0 saturated heterocycles. The van der Waals surface area contributed by atoms with E-state index in [0.29, 0.717) is 10.2 Å². The first-order chi connectivity index (χ1) is 9.19. The lowest BCUT2D eigenvalue weighted by atomic mass is 10.2. The Morgan fingerprint density at radius 1 is 1.45 bits per heavy atom. The highest BCUT2D eigenvalue weighted by Crippen LogP contribution is 2.27. The van der Waals surface area contributed by atoms with Crippen molar-refractivity contribution < 1.29 is 28.2 Å². The number of aliphatic carboxylic acids is 1. The maximum Gasteiger partial charge on any atom is 0.324 e. The molecule has 20 heavy (non-hydrogen) atoms. The second-order valence-electron chi connectivity index (χ2n) is 3.97. The van der Waals surface area contributed by atoms with Crippen LogP contribution in [0.2, 0.25) is 0 Å². The third-order valence-electron chi connectivity index (χ3n) is 2.46. The van der Waals surface area contributed by atoms with Crippen molar-refractivity contribution in [2.45, 2.75) is 24.0 Å². The van der Waals surface area contributed by atoms with Gasteiger partial charge in [-0.15, -0.1) is 0 Å². The van der Waals surface area contributed by atoms with Crippen LogP contribution < -0.4 is 9.46 Å². The van der Waals surface area contributed by atoms with Crippen molar-refractivity contribution in [1.82, 2.24) is 4.72 Å². The normalized spacial score (nSPS) is 14.6. The van der Waals surface area contributed by atoms with E-state index in [-0.39, 0.29) is 4.90 Å². The Morgan fingerprint density at radius 3 is 2.45 bits per heavy atom. The second-order valence-corrected chi connectivity index (χ2v) is 6.54. The molecule has 0 bridgehead atoms. The lowest BCUT2D eigenvalue weighted by molar-refractivity contribution is -0.141. The fraction of sp³-hybridized carbons (Fsp3) is 0.364. The van der Waals surface area contributed by atoms with Crippen LogP contribution in [0.25, 0.3) is 0 Å². The van der Waals surface area contributed by atoms with Crippen molar-refractivity contribution in [1.29, 1.82) is 0 Å². The number of sulfonamides is 1. The monoisotopic (exact) mass is 367 g/mol. The molecule has 0 heterocycles. The fourth-order valence-corrected chi connectivity index (χ4v) is 3.39. The minimum atomic E-state index is -4.07. The molecule has 0 unspecified atom stereocenters. The molecule has 0 aliphatic heterocycles. The van der Waals surface area contributed by atoms with Crippen LogP contribution in [0.3, 0.4) is 0 Å². The number of hydrogen-bond acceptors (Lipinski definition) is 5. The predicted molar refractivity (Wildman–Crippen MR) is 74.1 cm³/mol. The highest BCUT2D eigenvalue weighted by Gasteiger charge is 2.29. The number of carboxylic acids is 1. The van der Waals surface area contributed by atoms with E-state index in [2.05, 4.69) is 15.9 Å². The molecule has 0 aliphatic carbocycles. The van der Waals surface area contributed by atoms with Crippen molar-refractivity contribution in [3.63, 3.8) is 0 Å². The average Bonchev–Trinajstić information content (AvgIpc) is 2.35. The quantitative estimate of drug-likeness (QED) is 0.677. The summed E-state index contributed by atoms with van der Waals surface area (Å²) in [6, 6.07) is 2.35. The molecule has 0 amide bonds. The van der Waals surface area contributed by atoms with Gasteiger partial charge >= 0.3 is 5.97 Å². The molecule has 2 atom stereocenters. The van der Waals surface area contributed by atoms with Crippen LogP contribution in [0, 0.1) is 0 Å². The van der Waals surface area contributed by atoms with E-state index in [1.807, 2.05) is 4.72 Å². The summed E-state index contributed by atoms with van der Waals surface area (Å²) >= 11 is 3.14. The van der Waals surface area contributed by atoms with Gasteiger partial charge in [0.15, 0.2) is 0 Å². The van der Waals surface area contributed by atoms with Gasteiger partial charge in [0.25, 0.3) is 0 Å². The lowest BCUT2D eigenvalue weighted by Gasteiger charge is -2.17. The first-order valence-corrected chi connectivity index (χ1v) is 7.73. The zero-order valence-electron chi connectivity index (χ0n) is 10.7. The molecule has 1 rings (SSSR count). The summed E-state index contributed by atoms with van der Waals surface area (Å²) in [4.78, 5) is 10.8. The maximum atomic E-state index is 12.1. The first kappa shape index (κ1) is 16.9. The van der Waals surface area contributed by atoms with E-state index in [9.17, 15) is 18.3 Å². The van der Waals surface area contributed by atoms with Crippen molar-refractivity contribution in [3.8, 4) is 5.75 Å². The molecule has 0 aromatic heterocycles. The van der Waals surface area contributed by atoms with Crippen LogP contribution in [-0.4, -0.2) is 43.9 Å². The molecule has 112 valence electrons. The summed E-state index contributed by atoms with van der Waals surface area (Å²) in [6.45, 7) is 1.19. The molecular formula is C11H14BrNO6S. The number of carboxylic acid groups (broad SMARTS) is 1. The zero-order chi connectivity index (χ0) is 15.5. The molecule has 0 fully saturated rings. The Bertz CT molecular complexity index is 601. The SMILES string of the molecule is COc1ccc(S(=O)(=O)N[C@H](C(=O)O)[C@@H](C)O)cc1Br. The first-order valence-electron chi connectivity index (χ1n) is 5.45. The minimum Gasteiger partial charge on any atom is -0.496 e. The Hall–Kier alpha value is -1.16. The van der Waals surface area contributed by atoms with E-state index >= 15 is 0 Å². The summed E-state index contributed by atoms with van der Waals surface area (Å²) < 4.78 is 31.4. The summed E-state index contributed by atoms with van der Waals surface area (Å²) in [5, 5.41) is 18.2. The number of nitrogens with one attached hydrogen (secondary N) is 1. The van der Waals surface area contributed by atoms with Crippen LogP contribution in [0.1, 0.15) is 6.92 Å². The van der Waals surface area contributed by atoms with E-state index in [1.165, 1.54) is 32.2 Å². The second kappa shape index (κ2) is 6.53. The molecule has 9 heteroatoms. The van der Waals surface area contributed by atoms with E-state index in [1.54, 1.807) is 0 Å². The fourth-order valence-electron chi connectivity index (χ4n) is 1.40. The maximum absolute atomic E-state index is 12.1. The largest absolute Gasteiger partial charge is 0.496 e. The Labute approximate surface area is 124 Å². The number of halogens is 1. The number of hydrogen-bond donors (Lipinski definition) is 3. The molecule has 0 aliphatic rings. The van der Waals surface area contributed by atoms with Crippen molar-refractivity contribution in [2.75, 3.05) is 7.11 Å². The van der Waals surface area contributed by atoms with Gasteiger partial charge in [-0.05, 0) is 41.1 Å². The third kappa shape index (κ3) is 3.92. The zero-order valence-corrected chi connectivity index (χ0v) is 13.1. The average molecular weight is 368 g/mol. The van der Waals surface area contributed by atoms with Gasteiger partial charge in [0, 0.05) is 0 Å². The number of aliphatic hydroxyl groups excluding tert-OH is 1. The predicted octanol–water partition coefficient (Wildman–Crippen LogP) is 0.570. The van der Waals surface area contributed by atoms with Gasteiger partial charge in [-0.3, -0.25) is 4.79 Å². The molecule has 0 radical (unpaired) electrons. The number of ether oxygens (including phenoxy) is 1. The van der Waals surface area contributed by atoms with Crippen LogP contribution in [0.4, 0.5) is 0 Å².